The molecule has 176 valence electrons. The van der Waals surface area contributed by atoms with Crippen LogP contribution in [0.25, 0.3) is 22.4 Å². The molecule has 3 heterocycles. The molecule has 0 unspecified atom stereocenters. The maximum absolute atomic E-state index is 13.2. The van der Waals surface area contributed by atoms with Crippen LogP contribution in [0.4, 0.5) is 0 Å². The van der Waals surface area contributed by atoms with E-state index in [0.717, 1.165) is 11.6 Å². The first-order valence-corrected chi connectivity index (χ1v) is 14.8. The largest absolute Gasteiger partial charge is 0.361 e. The molecule has 0 spiro atoms. The first-order chi connectivity index (χ1) is 15.4. The lowest BCUT2D eigenvalue weighted by molar-refractivity contribution is 0.0886. The van der Waals surface area contributed by atoms with Crippen LogP contribution in [0.2, 0.25) is 25.7 Å². The fourth-order valence-corrected chi connectivity index (χ4v) is 3.86. The van der Waals surface area contributed by atoms with Crippen LogP contribution >= 0.6 is 0 Å². The molecule has 1 atom stereocenters. The molecule has 9 nitrogen and oxygen atoms in total. The highest BCUT2D eigenvalue weighted by Crippen LogP contribution is 2.24. The number of carbonyl (C=O) groups is 1. The second kappa shape index (κ2) is 9.45. The zero-order chi connectivity index (χ0) is 24.4. The molecule has 0 saturated carbocycles. The second-order valence-electron chi connectivity index (χ2n) is 10.2. The van der Waals surface area contributed by atoms with E-state index < -0.39 is 13.5 Å². The zero-order valence-electron chi connectivity index (χ0n) is 20.5. The summed E-state index contributed by atoms with van der Waals surface area (Å²) >= 11 is 0. The second-order valence-corrected chi connectivity index (χ2v) is 15.8. The minimum Gasteiger partial charge on any atom is -0.361 e. The fourth-order valence-electron chi connectivity index (χ4n) is 3.10. The van der Waals surface area contributed by atoms with Crippen molar-refractivity contribution < 1.29 is 9.53 Å². The highest BCUT2D eigenvalue weighted by Gasteiger charge is 2.29. The van der Waals surface area contributed by atoms with Crippen LogP contribution < -0.4 is 5.32 Å². The summed E-state index contributed by atoms with van der Waals surface area (Å²) in [6.07, 6.45) is 6.97. The zero-order valence-corrected chi connectivity index (χ0v) is 21.5. The first-order valence-electron chi connectivity index (χ1n) is 11.1. The molecule has 1 N–H and O–H groups in total. The Morgan fingerprint density at radius 1 is 1.30 bits per heavy atom. The molecule has 0 bridgehead atoms. The average molecular weight is 468 g/mol. The maximum Gasteiger partial charge on any atom is 0.255 e. The Kier molecular flexibility index (Phi) is 7.05. The van der Waals surface area contributed by atoms with Crippen molar-refractivity contribution in [1.82, 2.24) is 29.6 Å². The number of amides is 1. The average Bonchev–Trinajstić information content (AvgIpc) is 3.33. The Morgan fingerprint density at radius 2 is 2.03 bits per heavy atom. The Labute approximate surface area is 195 Å². The quantitative estimate of drug-likeness (QED) is 0.378. The highest BCUT2D eigenvalue weighted by atomic mass is 28.3. The molecule has 3 aromatic rings. The number of nitriles is 1. The number of rotatable bonds is 9. The number of aryl methyl sites for hydroxylation is 1. The number of carbonyl (C=O) groups excluding carboxylic acids is 1. The van der Waals surface area contributed by atoms with Crippen molar-refractivity contribution in [3.63, 3.8) is 0 Å². The summed E-state index contributed by atoms with van der Waals surface area (Å²) < 4.78 is 9.42. The lowest BCUT2D eigenvalue weighted by Crippen LogP contribution is -2.42. The van der Waals surface area contributed by atoms with E-state index in [-0.39, 0.29) is 18.7 Å². The molecule has 0 aliphatic carbocycles. The van der Waals surface area contributed by atoms with Crippen molar-refractivity contribution in [3.05, 3.63) is 30.4 Å². The number of hydrogen-bond acceptors (Lipinski definition) is 6. The van der Waals surface area contributed by atoms with Gasteiger partial charge in [0.05, 0.1) is 35.1 Å². The van der Waals surface area contributed by atoms with Gasteiger partial charge in [-0.3, -0.25) is 9.48 Å². The van der Waals surface area contributed by atoms with Gasteiger partial charge < -0.3 is 14.6 Å². The molecule has 10 heteroatoms. The molecular weight excluding hydrogens is 434 g/mol. The first kappa shape index (κ1) is 24.6. The van der Waals surface area contributed by atoms with E-state index >= 15 is 0 Å². The standard InChI is InChI=1S/C23H33N7O2Si/c1-16(23(2,3)14-24)27-22(31)18-13-30(15-32-8-9-33(5,6)7)21-20(18)28-19(11-25-21)17-10-26-29(4)12-17/h10-13,16H,8-9,15H2,1-7H3,(H,27,31)/t16-/m0/s1. The number of nitrogens with one attached hydrogen (secondary N) is 1. The van der Waals surface area contributed by atoms with Crippen LogP contribution in [-0.4, -0.2) is 50.9 Å². The van der Waals surface area contributed by atoms with Gasteiger partial charge in [0.15, 0.2) is 5.65 Å². The van der Waals surface area contributed by atoms with Gasteiger partial charge in [-0.15, -0.1) is 0 Å². The smallest absolute Gasteiger partial charge is 0.255 e. The van der Waals surface area contributed by atoms with E-state index in [2.05, 4.69) is 41.1 Å². The summed E-state index contributed by atoms with van der Waals surface area (Å²) in [6, 6.07) is 2.95. The van der Waals surface area contributed by atoms with Crippen molar-refractivity contribution in [2.75, 3.05) is 6.61 Å². The third-order valence-electron chi connectivity index (χ3n) is 5.76. The lowest BCUT2D eigenvalue weighted by atomic mass is 9.87. The van der Waals surface area contributed by atoms with Gasteiger partial charge in [-0.25, -0.2) is 9.97 Å². The molecule has 0 saturated heterocycles. The van der Waals surface area contributed by atoms with Crippen LogP contribution in [0.1, 0.15) is 31.1 Å². The van der Waals surface area contributed by atoms with Gasteiger partial charge in [0, 0.05) is 45.7 Å². The predicted octanol–water partition coefficient (Wildman–Crippen LogP) is 3.81. The molecular formula is C23H33N7O2Si. The summed E-state index contributed by atoms with van der Waals surface area (Å²) in [4.78, 5) is 22.6. The molecule has 1 amide bonds. The van der Waals surface area contributed by atoms with E-state index in [1.807, 2.05) is 24.7 Å². The maximum atomic E-state index is 13.2. The number of hydrogen-bond donors (Lipinski definition) is 1. The van der Waals surface area contributed by atoms with Gasteiger partial charge in [-0.05, 0) is 26.8 Å². The SMILES string of the molecule is C[C@H](NC(=O)c1cn(COCC[Si](C)(C)C)c2ncc(-c3cnn(C)c3)nc12)C(C)(C)C#N. The Bertz CT molecular complexity index is 1180. The van der Waals surface area contributed by atoms with E-state index in [1.165, 1.54) is 0 Å². The van der Waals surface area contributed by atoms with Crippen molar-refractivity contribution in [2.45, 2.75) is 59.2 Å². The minimum atomic E-state index is -1.21. The van der Waals surface area contributed by atoms with Crippen LogP contribution in [0.15, 0.2) is 24.8 Å². The third kappa shape index (κ3) is 5.86. The topological polar surface area (TPSA) is 111 Å². The molecule has 0 aliphatic heterocycles. The third-order valence-corrected chi connectivity index (χ3v) is 7.46. The summed E-state index contributed by atoms with van der Waals surface area (Å²) in [5.41, 5.74) is 2.21. The van der Waals surface area contributed by atoms with Crippen LogP contribution in [0, 0.1) is 16.7 Å². The van der Waals surface area contributed by atoms with E-state index in [9.17, 15) is 10.1 Å². The summed E-state index contributed by atoms with van der Waals surface area (Å²) in [6.45, 7) is 13.3. The fraction of sp³-hybridized carbons (Fsp3) is 0.522. The van der Waals surface area contributed by atoms with E-state index in [1.54, 1.807) is 37.1 Å². The van der Waals surface area contributed by atoms with Gasteiger partial charge in [0.25, 0.3) is 5.91 Å². The Hall–Kier alpha value is -3.03. The number of ether oxygens (including phenoxy) is 1. The number of fused-ring (bicyclic) bond motifs is 1. The molecule has 33 heavy (non-hydrogen) atoms. The Morgan fingerprint density at radius 3 is 2.64 bits per heavy atom. The molecule has 0 aliphatic rings. The number of aromatic nitrogens is 5. The molecule has 0 fully saturated rings. The lowest BCUT2D eigenvalue weighted by Gasteiger charge is -2.25. The van der Waals surface area contributed by atoms with Gasteiger partial charge in [-0.2, -0.15) is 10.4 Å². The van der Waals surface area contributed by atoms with E-state index in [0.29, 0.717) is 29.0 Å². The van der Waals surface area contributed by atoms with Crippen LogP contribution in [0.3, 0.4) is 0 Å². The Balaban J connectivity index is 1.95. The summed E-state index contributed by atoms with van der Waals surface area (Å²) in [7, 11) is 0.629. The van der Waals surface area contributed by atoms with Crippen molar-refractivity contribution in [2.24, 2.45) is 12.5 Å². The minimum absolute atomic E-state index is 0.286. The molecule has 3 rings (SSSR count). The molecule has 0 radical (unpaired) electrons. The summed E-state index contributed by atoms with van der Waals surface area (Å²) in [5, 5.41) is 16.6. The predicted molar refractivity (Wildman–Crippen MR) is 130 cm³/mol. The van der Waals surface area contributed by atoms with Gasteiger partial charge in [-0.1, -0.05) is 19.6 Å². The van der Waals surface area contributed by atoms with Gasteiger partial charge in [0.2, 0.25) is 0 Å². The molecule has 3 aromatic heterocycles. The van der Waals surface area contributed by atoms with Crippen molar-refractivity contribution >= 4 is 25.1 Å². The van der Waals surface area contributed by atoms with E-state index in [4.69, 9.17) is 9.72 Å². The normalized spacial score (nSPS) is 13.2. The monoisotopic (exact) mass is 467 g/mol. The van der Waals surface area contributed by atoms with Gasteiger partial charge >= 0.3 is 0 Å². The van der Waals surface area contributed by atoms with Crippen molar-refractivity contribution in [3.8, 4) is 17.3 Å². The van der Waals surface area contributed by atoms with Crippen LogP contribution in [-0.2, 0) is 18.5 Å². The number of nitrogens with zero attached hydrogens (tertiary/aromatic N) is 6. The summed E-state index contributed by atoms with van der Waals surface area (Å²) in [5.74, 6) is -0.297. The van der Waals surface area contributed by atoms with Crippen molar-refractivity contribution in [1.29, 1.82) is 5.26 Å². The van der Waals surface area contributed by atoms with Crippen LogP contribution in [0.5, 0.6) is 0 Å². The van der Waals surface area contributed by atoms with Gasteiger partial charge in [0.1, 0.15) is 12.2 Å². The highest BCUT2D eigenvalue weighted by molar-refractivity contribution is 6.76. The molecule has 0 aromatic carbocycles.